The normalized spacial score (nSPS) is 28.6. The van der Waals surface area contributed by atoms with Gasteiger partial charge in [-0.3, -0.25) is 4.79 Å². The van der Waals surface area contributed by atoms with Gasteiger partial charge in [-0.1, -0.05) is 12.1 Å². The van der Waals surface area contributed by atoms with Crippen LogP contribution in [0.4, 0.5) is 0 Å². The average molecular weight is 368 g/mol. The van der Waals surface area contributed by atoms with Crippen molar-refractivity contribution in [2.75, 3.05) is 13.7 Å². The second-order valence-corrected chi connectivity index (χ2v) is 6.93. The molecule has 3 heterocycles. The summed E-state index contributed by atoms with van der Waals surface area (Å²) in [7, 11) is 1.60. The minimum Gasteiger partial charge on any atom is -0.497 e. The number of ether oxygens (including phenoxy) is 5. The summed E-state index contributed by atoms with van der Waals surface area (Å²) in [5, 5.41) is 0. The van der Waals surface area contributed by atoms with Gasteiger partial charge in [0.2, 0.25) is 17.7 Å². The molecule has 0 unspecified atom stereocenters. The zero-order valence-corrected chi connectivity index (χ0v) is 15.0. The van der Waals surface area contributed by atoms with Gasteiger partial charge in [-0.2, -0.15) is 0 Å². The van der Waals surface area contributed by atoms with Crippen molar-refractivity contribution < 1.29 is 28.5 Å². The van der Waals surface area contributed by atoms with E-state index in [1.54, 1.807) is 25.3 Å². The van der Waals surface area contributed by atoms with Gasteiger partial charge in [-0.05, 0) is 42.7 Å². The molecule has 3 atom stereocenters. The van der Waals surface area contributed by atoms with Crippen molar-refractivity contribution in [3.05, 3.63) is 53.6 Å². The lowest BCUT2D eigenvalue weighted by Gasteiger charge is -2.25. The topological polar surface area (TPSA) is 66.5 Å². The van der Waals surface area contributed by atoms with Gasteiger partial charge in [0.25, 0.3) is 0 Å². The molecule has 6 nitrogen and oxygen atoms in total. The molecule has 0 aliphatic carbocycles. The number of epoxide rings is 1. The van der Waals surface area contributed by atoms with Gasteiger partial charge in [0, 0.05) is 12.5 Å². The molecule has 0 amide bonds. The summed E-state index contributed by atoms with van der Waals surface area (Å²) in [4.78, 5) is 13.1. The van der Waals surface area contributed by atoms with E-state index in [2.05, 4.69) is 0 Å². The molecule has 0 spiro atoms. The standard InChI is InChI=1S/C21H20O6/c1-23-14-7-5-13(6-8-14)21-19(22)16-10-9-15(12-17(16)26-20(21)27-21)25-18-4-2-3-11-24-18/h5-10,12,18,20H,2-4,11H2,1H3/t18-,20+,21-/m1/s1. The third-order valence-corrected chi connectivity index (χ3v) is 5.26. The summed E-state index contributed by atoms with van der Waals surface area (Å²) >= 11 is 0. The van der Waals surface area contributed by atoms with Crippen molar-refractivity contribution >= 4 is 5.78 Å². The Bertz CT molecular complexity index is 871. The molecule has 27 heavy (non-hydrogen) atoms. The highest BCUT2D eigenvalue weighted by atomic mass is 16.8. The number of hydrogen-bond acceptors (Lipinski definition) is 6. The highest BCUT2D eigenvalue weighted by molar-refractivity contribution is 6.08. The largest absolute Gasteiger partial charge is 0.497 e. The number of hydrogen-bond donors (Lipinski definition) is 0. The molecule has 0 saturated carbocycles. The monoisotopic (exact) mass is 368 g/mol. The van der Waals surface area contributed by atoms with Crippen LogP contribution in [0.15, 0.2) is 42.5 Å². The van der Waals surface area contributed by atoms with Gasteiger partial charge in [0.05, 0.1) is 19.3 Å². The quantitative estimate of drug-likeness (QED) is 0.771. The van der Waals surface area contributed by atoms with E-state index in [0.717, 1.165) is 30.6 Å². The Morgan fingerprint density at radius 3 is 2.63 bits per heavy atom. The number of carbonyl (C=O) groups excluding carboxylic acids is 1. The van der Waals surface area contributed by atoms with Crippen molar-refractivity contribution in [2.45, 2.75) is 37.4 Å². The van der Waals surface area contributed by atoms with Crippen LogP contribution in [-0.4, -0.2) is 32.1 Å². The molecule has 140 valence electrons. The molecule has 5 rings (SSSR count). The van der Waals surface area contributed by atoms with E-state index in [9.17, 15) is 4.79 Å². The Labute approximate surface area is 156 Å². The second kappa shape index (κ2) is 6.25. The summed E-state index contributed by atoms with van der Waals surface area (Å²) in [5.41, 5.74) is 0.199. The number of methoxy groups -OCH3 is 1. The van der Waals surface area contributed by atoms with Crippen molar-refractivity contribution in [1.29, 1.82) is 0 Å². The lowest BCUT2D eigenvalue weighted by atomic mass is 9.88. The molecule has 0 bridgehead atoms. The first-order valence-corrected chi connectivity index (χ1v) is 9.17. The van der Waals surface area contributed by atoms with Crippen molar-refractivity contribution in [3.63, 3.8) is 0 Å². The summed E-state index contributed by atoms with van der Waals surface area (Å²) in [6.45, 7) is 0.713. The maximum atomic E-state index is 13.1. The molecule has 2 aromatic carbocycles. The number of ketones is 1. The predicted octanol–water partition coefficient (Wildman–Crippen LogP) is 3.43. The van der Waals surface area contributed by atoms with Gasteiger partial charge in [0.15, 0.2) is 6.29 Å². The molecule has 2 aromatic rings. The van der Waals surface area contributed by atoms with Crippen LogP contribution < -0.4 is 14.2 Å². The smallest absolute Gasteiger partial charge is 0.242 e. The van der Waals surface area contributed by atoms with Crippen LogP contribution >= 0.6 is 0 Å². The van der Waals surface area contributed by atoms with E-state index >= 15 is 0 Å². The lowest BCUT2D eigenvalue weighted by molar-refractivity contribution is -0.105. The first-order valence-electron chi connectivity index (χ1n) is 9.17. The molecule has 0 aromatic heterocycles. The van der Waals surface area contributed by atoms with E-state index in [0.29, 0.717) is 23.7 Å². The van der Waals surface area contributed by atoms with E-state index in [1.165, 1.54) is 0 Å². The Morgan fingerprint density at radius 1 is 1.07 bits per heavy atom. The van der Waals surface area contributed by atoms with Crippen LogP contribution in [0.2, 0.25) is 0 Å². The summed E-state index contributed by atoms with van der Waals surface area (Å²) < 4.78 is 28.3. The fraction of sp³-hybridized carbons (Fsp3) is 0.381. The van der Waals surface area contributed by atoms with E-state index in [4.69, 9.17) is 23.7 Å². The van der Waals surface area contributed by atoms with E-state index < -0.39 is 11.9 Å². The van der Waals surface area contributed by atoms with Gasteiger partial charge >= 0.3 is 0 Å². The van der Waals surface area contributed by atoms with Gasteiger partial charge in [-0.25, -0.2) is 0 Å². The minimum absolute atomic E-state index is 0.0978. The summed E-state index contributed by atoms with van der Waals surface area (Å²) in [6, 6.07) is 12.6. The number of carbonyl (C=O) groups is 1. The lowest BCUT2D eigenvalue weighted by Crippen LogP contribution is -2.32. The van der Waals surface area contributed by atoms with Crippen LogP contribution in [0.3, 0.4) is 0 Å². The van der Waals surface area contributed by atoms with Gasteiger partial charge in [0.1, 0.15) is 17.2 Å². The van der Waals surface area contributed by atoms with Crippen LogP contribution in [-0.2, 0) is 15.1 Å². The highest BCUT2D eigenvalue weighted by Gasteiger charge is 2.69. The average Bonchev–Trinajstić information content (AvgIpc) is 3.44. The molecule has 0 N–H and O–H groups in total. The highest BCUT2D eigenvalue weighted by Crippen LogP contribution is 2.54. The van der Waals surface area contributed by atoms with Crippen molar-refractivity contribution in [1.82, 2.24) is 0 Å². The van der Waals surface area contributed by atoms with Gasteiger partial charge in [-0.15, -0.1) is 0 Å². The third kappa shape index (κ3) is 2.67. The van der Waals surface area contributed by atoms with E-state index in [-0.39, 0.29) is 12.1 Å². The molecule has 3 aliphatic heterocycles. The summed E-state index contributed by atoms with van der Waals surface area (Å²) in [6.07, 6.45) is 2.15. The van der Waals surface area contributed by atoms with Crippen molar-refractivity contribution in [2.24, 2.45) is 0 Å². The number of Topliss-reactive ketones (excluding diaryl/α,β-unsaturated/α-hetero) is 1. The number of rotatable bonds is 4. The molecule has 0 radical (unpaired) electrons. The number of fused-ring (bicyclic) bond motifs is 2. The third-order valence-electron chi connectivity index (χ3n) is 5.26. The second-order valence-electron chi connectivity index (χ2n) is 6.93. The zero-order chi connectivity index (χ0) is 18.4. The summed E-state index contributed by atoms with van der Waals surface area (Å²) in [5.74, 6) is 1.74. The maximum absolute atomic E-state index is 13.1. The Kier molecular flexibility index (Phi) is 3.84. The predicted molar refractivity (Wildman–Crippen MR) is 95.2 cm³/mol. The van der Waals surface area contributed by atoms with Crippen LogP contribution in [0.5, 0.6) is 17.2 Å². The Hall–Kier alpha value is -2.57. The maximum Gasteiger partial charge on any atom is 0.242 e. The van der Waals surface area contributed by atoms with Crippen molar-refractivity contribution in [3.8, 4) is 17.2 Å². The fourth-order valence-corrected chi connectivity index (χ4v) is 3.71. The number of benzene rings is 2. The molecular weight excluding hydrogens is 348 g/mol. The molecule has 3 aliphatic rings. The van der Waals surface area contributed by atoms with Crippen LogP contribution in [0.1, 0.15) is 35.2 Å². The molecular formula is C21H20O6. The molecule has 6 heteroatoms. The first kappa shape index (κ1) is 16.6. The Morgan fingerprint density at radius 2 is 1.89 bits per heavy atom. The Balaban J connectivity index is 1.40. The SMILES string of the molecule is COc1ccc([C@]23O[C@@H]2Oc2cc(O[C@@H]4CCCCO4)ccc2C3=O)cc1. The molecule has 2 saturated heterocycles. The van der Waals surface area contributed by atoms with Gasteiger partial charge < -0.3 is 23.7 Å². The minimum atomic E-state index is -1.06. The van der Waals surface area contributed by atoms with Crippen LogP contribution in [0, 0.1) is 0 Å². The molecule has 2 fully saturated rings. The van der Waals surface area contributed by atoms with Crippen LogP contribution in [0.25, 0.3) is 0 Å². The zero-order valence-electron chi connectivity index (χ0n) is 15.0. The first-order chi connectivity index (χ1) is 13.2. The van der Waals surface area contributed by atoms with E-state index in [1.807, 2.05) is 24.3 Å². The fourth-order valence-electron chi connectivity index (χ4n) is 3.71.